The van der Waals surface area contributed by atoms with Crippen LogP contribution in [0.4, 0.5) is 0 Å². The molecule has 0 aliphatic carbocycles. The first-order valence-corrected chi connectivity index (χ1v) is 11.9. The van der Waals surface area contributed by atoms with Crippen molar-refractivity contribution in [2.45, 2.75) is 35.6 Å². The molecule has 8 heteroatoms. The fourth-order valence-electron chi connectivity index (χ4n) is 3.13. The molecule has 1 aliphatic rings. The van der Waals surface area contributed by atoms with E-state index in [0.717, 1.165) is 10.6 Å². The van der Waals surface area contributed by atoms with Crippen molar-refractivity contribution in [1.29, 1.82) is 0 Å². The van der Waals surface area contributed by atoms with E-state index in [0.29, 0.717) is 31.0 Å². The van der Waals surface area contributed by atoms with E-state index in [4.69, 9.17) is 11.6 Å². The molecule has 0 spiro atoms. The van der Waals surface area contributed by atoms with Gasteiger partial charge in [-0.15, -0.1) is 11.8 Å². The molecule has 0 bridgehead atoms. The van der Waals surface area contributed by atoms with Gasteiger partial charge in [0.15, 0.2) is 0 Å². The van der Waals surface area contributed by atoms with Crippen LogP contribution in [0.3, 0.4) is 0 Å². The number of hydrogen-bond acceptors (Lipinski definition) is 4. The highest BCUT2D eigenvalue weighted by Crippen LogP contribution is 2.27. The van der Waals surface area contributed by atoms with E-state index in [1.807, 2.05) is 6.92 Å². The van der Waals surface area contributed by atoms with Crippen molar-refractivity contribution in [3.8, 4) is 0 Å². The first-order chi connectivity index (χ1) is 13.4. The number of thioether (sulfide) groups is 1. The summed E-state index contributed by atoms with van der Waals surface area (Å²) in [6.45, 7) is 2.88. The zero-order chi connectivity index (χ0) is 20.1. The first kappa shape index (κ1) is 21.2. The number of sulfonamides is 1. The SMILES string of the molecule is Cc1ccc(SCCNC(=O)[C@H]2CCCN2S(=O)(=O)c2ccc(Cl)cc2)cc1. The largest absolute Gasteiger partial charge is 0.354 e. The minimum Gasteiger partial charge on any atom is -0.354 e. The molecule has 1 aliphatic heterocycles. The van der Waals surface area contributed by atoms with Gasteiger partial charge >= 0.3 is 0 Å². The number of aryl methyl sites for hydroxylation is 1. The van der Waals surface area contributed by atoms with E-state index >= 15 is 0 Å². The van der Waals surface area contributed by atoms with Crippen molar-refractivity contribution < 1.29 is 13.2 Å². The molecule has 1 atom stereocenters. The van der Waals surface area contributed by atoms with Gasteiger partial charge in [-0.2, -0.15) is 4.31 Å². The molecular formula is C20H23ClN2O3S2. The summed E-state index contributed by atoms with van der Waals surface area (Å²) in [5, 5.41) is 3.35. The van der Waals surface area contributed by atoms with Crippen molar-refractivity contribution in [3.05, 3.63) is 59.1 Å². The Kier molecular flexibility index (Phi) is 7.04. The van der Waals surface area contributed by atoms with E-state index in [2.05, 4.69) is 29.6 Å². The highest BCUT2D eigenvalue weighted by molar-refractivity contribution is 7.99. The van der Waals surface area contributed by atoms with E-state index < -0.39 is 16.1 Å². The summed E-state index contributed by atoms with van der Waals surface area (Å²) in [7, 11) is -3.72. The molecule has 1 amide bonds. The third-order valence-corrected chi connectivity index (χ3v) is 7.81. The standard InChI is InChI=1S/C20H23ClN2O3S2/c1-15-4-8-17(9-5-15)27-14-12-22-20(24)19-3-2-13-23(19)28(25,26)18-10-6-16(21)7-11-18/h4-11,19H,2-3,12-14H2,1H3,(H,22,24)/t19-/m1/s1. The van der Waals surface area contributed by atoms with Gasteiger partial charge in [-0.1, -0.05) is 29.3 Å². The zero-order valence-corrected chi connectivity index (χ0v) is 18.0. The molecule has 0 aromatic heterocycles. The Morgan fingerprint density at radius 3 is 2.54 bits per heavy atom. The van der Waals surface area contributed by atoms with Crippen LogP contribution in [0.2, 0.25) is 5.02 Å². The van der Waals surface area contributed by atoms with Crippen molar-refractivity contribution >= 4 is 39.3 Å². The molecule has 0 radical (unpaired) electrons. The summed E-state index contributed by atoms with van der Waals surface area (Å²) in [5.41, 5.74) is 1.21. The molecule has 1 saturated heterocycles. The topological polar surface area (TPSA) is 66.5 Å². The lowest BCUT2D eigenvalue weighted by atomic mass is 10.2. The number of carbonyl (C=O) groups is 1. The van der Waals surface area contributed by atoms with E-state index in [9.17, 15) is 13.2 Å². The van der Waals surface area contributed by atoms with E-state index in [-0.39, 0.29) is 10.8 Å². The van der Waals surface area contributed by atoms with Crippen molar-refractivity contribution in [1.82, 2.24) is 9.62 Å². The smallest absolute Gasteiger partial charge is 0.243 e. The Balaban J connectivity index is 1.56. The maximum absolute atomic E-state index is 12.9. The maximum atomic E-state index is 12.9. The number of amides is 1. The lowest BCUT2D eigenvalue weighted by Crippen LogP contribution is -2.46. The summed E-state index contributed by atoms with van der Waals surface area (Å²) in [6, 6.07) is 13.6. The van der Waals surface area contributed by atoms with Crippen molar-refractivity contribution in [2.75, 3.05) is 18.8 Å². The summed E-state index contributed by atoms with van der Waals surface area (Å²) in [5.74, 6) is 0.491. The number of nitrogens with one attached hydrogen (secondary N) is 1. The molecule has 3 rings (SSSR count). The highest BCUT2D eigenvalue weighted by Gasteiger charge is 2.39. The lowest BCUT2D eigenvalue weighted by Gasteiger charge is -2.23. The number of rotatable bonds is 7. The van der Waals surface area contributed by atoms with Gasteiger partial charge in [-0.05, 0) is 56.2 Å². The van der Waals surface area contributed by atoms with Crippen LogP contribution in [0.1, 0.15) is 18.4 Å². The highest BCUT2D eigenvalue weighted by atomic mass is 35.5. The Hall–Kier alpha value is -1.54. The van der Waals surface area contributed by atoms with Gasteiger partial charge in [0, 0.05) is 28.8 Å². The summed E-state index contributed by atoms with van der Waals surface area (Å²) < 4.78 is 27.1. The number of carbonyl (C=O) groups excluding carboxylic acids is 1. The fourth-order valence-corrected chi connectivity index (χ4v) is 5.68. The Bertz CT molecular complexity index is 915. The molecule has 1 heterocycles. The molecule has 28 heavy (non-hydrogen) atoms. The van der Waals surface area contributed by atoms with E-state index in [1.165, 1.54) is 22.0 Å². The summed E-state index contributed by atoms with van der Waals surface area (Å²) in [4.78, 5) is 13.9. The second-order valence-electron chi connectivity index (χ2n) is 6.68. The van der Waals surface area contributed by atoms with Crippen LogP contribution >= 0.6 is 23.4 Å². The van der Waals surface area contributed by atoms with Gasteiger partial charge in [0.1, 0.15) is 6.04 Å². The third-order valence-electron chi connectivity index (χ3n) is 4.62. The predicted octanol–water partition coefficient (Wildman–Crippen LogP) is 3.71. The minimum absolute atomic E-state index is 0.159. The fraction of sp³-hybridized carbons (Fsp3) is 0.350. The number of hydrogen-bond donors (Lipinski definition) is 1. The molecule has 1 fully saturated rings. The Morgan fingerprint density at radius 1 is 1.18 bits per heavy atom. The molecule has 150 valence electrons. The molecule has 0 unspecified atom stereocenters. The van der Waals surface area contributed by atoms with Gasteiger partial charge in [0.25, 0.3) is 0 Å². The molecule has 1 N–H and O–H groups in total. The van der Waals surface area contributed by atoms with Crippen LogP contribution in [-0.2, 0) is 14.8 Å². The summed E-state index contributed by atoms with van der Waals surface area (Å²) in [6.07, 6.45) is 1.20. The second-order valence-corrected chi connectivity index (χ2v) is 10.2. The first-order valence-electron chi connectivity index (χ1n) is 9.12. The van der Waals surface area contributed by atoms with Crippen LogP contribution in [0.5, 0.6) is 0 Å². The lowest BCUT2D eigenvalue weighted by molar-refractivity contribution is -0.124. The predicted molar refractivity (Wildman–Crippen MR) is 113 cm³/mol. The van der Waals surface area contributed by atoms with Gasteiger partial charge in [-0.3, -0.25) is 4.79 Å². The Morgan fingerprint density at radius 2 is 1.86 bits per heavy atom. The van der Waals surface area contributed by atoms with Crippen molar-refractivity contribution in [2.24, 2.45) is 0 Å². The average molecular weight is 439 g/mol. The number of halogens is 1. The second kappa shape index (κ2) is 9.31. The minimum atomic E-state index is -3.72. The maximum Gasteiger partial charge on any atom is 0.243 e. The summed E-state index contributed by atoms with van der Waals surface area (Å²) >= 11 is 7.51. The average Bonchev–Trinajstić information content (AvgIpc) is 3.18. The van der Waals surface area contributed by atoms with Crippen LogP contribution in [0.15, 0.2) is 58.3 Å². The van der Waals surface area contributed by atoms with Gasteiger partial charge in [0.05, 0.1) is 4.90 Å². The Labute approximate surface area is 175 Å². The molecule has 5 nitrogen and oxygen atoms in total. The quantitative estimate of drug-likeness (QED) is 0.528. The zero-order valence-electron chi connectivity index (χ0n) is 15.6. The van der Waals surface area contributed by atoms with Crippen LogP contribution in [0, 0.1) is 6.92 Å². The number of nitrogens with zero attached hydrogens (tertiary/aromatic N) is 1. The van der Waals surface area contributed by atoms with Gasteiger partial charge in [0.2, 0.25) is 15.9 Å². The van der Waals surface area contributed by atoms with Crippen LogP contribution < -0.4 is 5.32 Å². The van der Waals surface area contributed by atoms with E-state index in [1.54, 1.807) is 23.9 Å². The molecule has 2 aromatic carbocycles. The monoisotopic (exact) mass is 438 g/mol. The van der Waals surface area contributed by atoms with Gasteiger partial charge in [-0.25, -0.2) is 8.42 Å². The van der Waals surface area contributed by atoms with Crippen molar-refractivity contribution in [3.63, 3.8) is 0 Å². The molecule has 2 aromatic rings. The van der Waals surface area contributed by atoms with Crippen LogP contribution in [0.25, 0.3) is 0 Å². The van der Waals surface area contributed by atoms with Crippen LogP contribution in [-0.4, -0.2) is 43.5 Å². The molecule has 0 saturated carbocycles. The normalized spacial score (nSPS) is 17.6. The van der Waals surface area contributed by atoms with Gasteiger partial charge < -0.3 is 5.32 Å². The molecular weight excluding hydrogens is 416 g/mol. The number of benzene rings is 2. The third kappa shape index (κ3) is 5.08.